The number of carbonyl (C=O) groups excluding carboxylic acids is 2. The molecule has 0 saturated heterocycles. The van der Waals surface area contributed by atoms with Crippen LogP contribution in [0.5, 0.6) is 11.5 Å². The molecule has 26 heavy (non-hydrogen) atoms. The van der Waals surface area contributed by atoms with Crippen LogP contribution in [0, 0.1) is 11.8 Å². The van der Waals surface area contributed by atoms with Crippen molar-refractivity contribution in [3.8, 4) is 23.3 Å². The first-order valence-electron chi connectivity index (χ1n) is 7.97. The van der Waals surface area contributed by atoms with Crippen molar-refractivity contribution in [2.75, 3.05) is 20.3 Å². The molecule has 0 heterocycles. The number of carbonyl (C=O) groups is 2. The first kappa shape index (κ1) is 18.9. The second-order valence-electron chi connectivity index (χ2n) is 5.30. The Bertz CT molecular complexity index is 820. The average Bonchev–Trinajstić information content (AvgIpc) is 2.65. The number of primary amides is 1. The zero-order valence-electron chi connectivity index (χ0n) is 14.5. The minimum absolute atomic E-state index is 0.0959. The molecule has 2 aromatic carbocycles. The van der Waals surface area contributed by atoms with E-state index in [0.717, 1.165) is 11.3 Å². The van der Waals surface area contributed by atoms with E-state index in [0.29, 0.717) is 11.3 Å². The minimum atomic E-state index is -0.556. The predicted octanol–water partition coefficient (Wildman–Crippen LogP) is 1.54. The molecule has 0 bridgehead atoms. The molecule has 0 aliphatic carbocycles. The first-order chi connectivity index (χ1) is 12.6. The summed E-state index contributed by atoms with van der Waals surface area (Å²) in [6, 6.07) is 14.0. The fourth-order valence-electron chi connectivity index (χ4n) is 2.16. The summed E-state index contributed by atoms with van der Waals surface area (Å²) in [4.78, 5) is 23.1. The van der Waals surface area contributed by atoms with Crippen molar-refractivity contribution in [1.29, 1.82) is 0 Å². The van der Waals surface area contributed by atoms with Crippen LogP contribution in [0.2, 0.25) is 0 Å². The predicted molar refractivity (Wildman–Crippen MR) is 97.9 cm³/mol. The second kappa shape index (κ2) is 9.74. The summed E-state index contributed by atoms with van der Waals surface area (Å²) in [5.41, 5.74) is 6.47. The van der Waals surface area contributed by atoms with E-state index in [9.17, 15) is 9.59 Å². The normalized spacial score (nSPS) is 9.58. The summed E-state index contributed by atoms with van der Waals surface area (Å²) < 4.78 is 10.5. The van der Waals surface area contributed by atoms with Crippen molar-refractivity contribution in [3.63, 3.8) is 0 Å². The van der Waals surface area contributed by atoms with Crippen molar-refractivity contribution in [1.82, 2.24) is 5.32 Å². The van der Waals surface area contributed by atoms with Gasteiger partial charge in [0.1, 0.15) is 18.1 Å². The molecule has 0 radical (unpaired) electrons. The summed E-state index contributed by atoms with van der Waals surface area (Å²) in [7, 11) is 1.59. The van der Waals surface area contributed by atoms with E-state index < -0.39 is 5.91 Å². The van der Waals surface area contributed by atoms with E-state index in [-0.39, 0.29) is 25.5 Å². The monoisotopic (exact) mass is 352 g/mol. The third-order valence-electron chi connectivity index (χ3n) is 3.48. The number of benzene rings is 2. The molecule has 6 nitrogen and oxygen atoms in total. The van der Waals surface area contributed by atoms with Crippen molar-refractivity contribution >= 4 is 11.8 Å². The van der Waals surface area contributed by atoms with Gasteiger partial charge in [-0.15, -0.1) is 0 Å². The van der Waals surface area contributed by atoms with Crippen LogP contribution >= 0.6 is 0 Å². The quantitative estimate of drug-likeness (QED) is 0.740. The van der Waals surface area contributed by atoms with Gasteiger partial charge in [0.15, 0.2) is 0 Å². The molecule has 0 saturated carbocycles. The highest BCUT2D eigenvalue weighted by atomic mass is 16.5. The molecule has 0 unspecified atom stereocenters. The number of hydrogen-bond donors (Lipinski definition) is 2. The number of hydrogen-bond acceptors (Lipinski definition) is 4. The summed E-state index contributed by atoms with van der Waals surface area (Å²) in [5.74, 6) is 6.03. The number of nitrogens with one attached hydrogen (secondary N) is 1. The smallest absolute Gasteiger partial charge is 0.252 e. The van der Waals surface area contributed by atoms with Crippen LogP contribution in [0.3, 0.4) is 0 Å². The third kappa shape index (κ3) is 5.87. The maximum atomic E-state index is 11.8. The minimum Gasteiger partial charge on any atom is -0.497 e. The molecule has 2 rings (SSSR count). The maximum Gasteiger partial charge on any atom is 0.252 e. The Hall–Kier alpha value is -3.46. The number of amides is 2. The van der Waals surface area contributed by atoms with Gasteiger partial charge in [-0.2, -0.15) is 0 Å². The van der Waals surface area contributed by atoms with Crippen molar-refractivity contribution < 1.29 is 19.1 Å². The van der Waals surface area contributed by atoms with E-state index in [1.807, 2.05) is 24.3 Å². The zero-order chi connectivity index (χ0) is 18.8. The average molecular weight is 352 g/mol. The molecule has 0 aliphatic rings. The van der Waals surface area contributed by atoms with Crippen LogP contribution < -0.4 is 20.5 Å². The summed E-state index contributed by atoms with van der Waals surface area (Å²) in [6.45, 7) is 0.314. The zero-order valence-corrected chi connectivity index (χ0v) is 14.5. The van der Waals surface area contributed by atoms with Gasteiger partial charge in [0, 0.05) is 0 Å². The number of methoxy groups -OCH3 is 1. The Kier molecular flexibility index (Phi) is 7.07. The van der Waals surface area contributed by atoms with Gasteiger partial charge in [0.2, 0.25) is 5.91 Å². The molecule has 2 amide bonds. The Labute approximate surface area is 152 Å². The van der Waals surface area contributed by atoms with Crippen LogP contribution in [0.25, 0.3) is 0 Å². The number of nitrogens with two attached hydrogens (primary N) is 1. The Balaban J connectivity index is 1.73. The maximum absolute atomic E-state index is 11.8. The Morgan fingerprint density at radius 3 is 2.50 bits per heavy atom. The van der Waals surface area contributed by atoms with Crippen molar-refractivity contribution in [2.24, 2.45) is 5.73 Å². The SMILES string of the molecule is COc1ccc(CC(=O)NCC#CCOc2ccccc2C(N)=O)cc1. The van der Waals surface area contributed by atoms with E-state index in [1.54, 1.807) is 31.4 Å². The third-order valence-corrected chi connectivity index (χ3v) is 3.48. The van der Waals surface area contributed by atoms with Crippen LogP contribution in [0.4, 0.5) is 0 Å². The van der Waals surface area contributed by atoms with Crippen molar-refractivity contribution in [2.45, 2.75) is 6.42 Å². The topological polar surface area (TPSA) is 90.7 Å². The van der Waals surface area contributed by atoms with Crippen LogP contribution in [0.15, 0.2) is 48.5 Å². The molecule has 6 heteroatoms. The lowest BCUT2D eigenvalue weighted by Crippen LogP contribution is -2.25. The van der Waals surface area contributed by atoms with Crippen molar-refractivity contribution in [3.05, 3.63) is 59.7 Å². The number of ether oxygens (including phenoxy) is 2. The van der Waals surface area contributed by atoms with Gasteiger partial charge in [-0.25, -0.2) is 0 Å². The lowest BCUT2D eigenvalue weighted by Gasteiger charge is -2.06. The molecule has 134 valence electrons. The molecule has 2 aromatic rings. The number of para-hydroxylation sites is 1. The molecule has 0 spiro atoms. The van der Waals surface area contributed by atoms with E-state index in [1.165, 1.54) is 0 Å². The summed E-state index contributed by atoms with van der Waals surface area (Å²) in [6.07, 6.45) is 0.272. The van der Waals surface area contributed by atoms with Gasteiger partial charge < -0.3 is 20.5 Å². The fraction of sp³-hybridized carbons (Fsp3) is 0.200. The van der Waals surface area contributed by atoms with Gasteiger partial charge in [-0.05, 0) is 29.8 Å². The largest absolute Gasteiger partial charge is 0.497 e. The fourth-order valence-corrected chi connectivity index (χ4v) is 2.16. The molecular formula is C20H20N2O4. The highest BCUT2D eigenvalue weighted by molar-refractivity contribution is 5.95. The standard InChI is InChI=1S/C20H20N2O4/c1-25-16-10-8-15(9-11-16)14-19(23)22-12-4-5-13-26-18-7-3-2-6-17(18)20(21)24/h2-3,6-11H,12-14H2,1H3,(H2,21,24)(H,22,23). The van der Waals surface area contributed by atoms with Gasteiger partial charge in [-0.1, -0.05) is 36.1 Å². The van der Waals surface area contributed by atoms with Gasteiger partial charge in [-0.3, -0.25) is 9.59 Å². The molecule has 3 N–H and O–H groups in total. The van der Waals surface area contributed by atoms with Gasteiger partial charge in [0.05, 0.1) is 25.6 Å². The van der Waals surface area contributed by atoms with Crippen LogP contribution in [-0.4, -0.2) is 32.1 Å². The Morgan fingerprint density at radius 1 is 1.08 bits per heavy atom. The number of rotatable bonds is 7. The van der Waals surface area contributed by atoms with Crippen LogP contribution in [-0.2, 0) is 11.2 Å². The van der Waals surface area contributed by atoms with Gasteiger partial charge >= 0.3 is 0 Å². The lowest BCUT2D eigenvalue weighted by atomic mass is 10.1. The van der Waals surface area contributed by atoms with E-state index in [2.05, 4.69) is 17.2 Å². The Morgan fingerprint density at radius 2 is 1.81 bits per heavy atom. The van der Waals surface area contributed by atoms with E-state index >= 15 is 0 Å². The molecular weight excluding hydrogens is 332 g/mol. The summed E-state index contributed by atoms with van der Waals surface area (Å²) in [5, 5.41) is 2.71. The highest BCUT2D eigenvalue weighted by Crippen LogP contribution is 2.16. The molecule has 0 atom stereocenters. The molecule has 0 fully saturated rings. The first-order valence-corrected chi connectivity index (χ1v) is 7.97. The highest BCUT2D eigenvalue weighted by Gasteiger charge is 2.07. The summed E-state index contributed by atoms with van der Waals surface area (Å²) >= 11 is 0. The van der Waals surface area contributed by atoms with Gasteiger partial charge in [0.25, 0.3) is 5.91 Å². The van der Waals surface area contributed by atoms with Crippen LogP contribution in [0.1, 0.15) is 15.9 Å². The lowest BCUT2D eigenvalue weighted by molar-refractivity contribution is -0.120. The molecule has 0 aromatic heterocycles. The van der Waals surface area contributed by atoms with E-state index in [4.69, 9.17) is 15.2 Å². The second-order valence-corrected chi connectivity index (χ2v) is 5.30. The molecule has 0 aliphatic heterocycles.